The summed E-state index contributed by atoms with van der Waals surface area (Å²) < 4.78 is 87.5. The molecule has 2 unspecified atom stereocenters. The molecule has 0 aliphatic carbocycles. The first kappa shape index (κ1) is 33.8. The summed E-state index contributed by atoms with van der Waals surface area (Å²) in [6, 6.07) is 7.42. The van der Waals surface area contributed by atoms with E-state index in [0.717, 1.165) is 17.8 Å². The van der Waals surface area contributed by atoms with Crippen molar-refractivity contribution in [2.75, 3.05) is 42.7 Å². The molecule has 17 heteroatoms. The summed E-state index contributed by atoms with van der Waals surface area (Å²) in [6.07, 6.45) is -1.85. The van der Waals surface area contributed by atoms with Crippen LogP contribution in [0.15, 0.2) is 48.2 Å². The van der Waals surface area contributed by atoms with Crippen molar-refractivity contribution in [2.24, 2.45) is 0 Å². The minimum absolute atomic E-state index is 0.0201. The lowest BCUT2D eigenvalue weighted by atomic mass is 9.94. The van der Waals surface area contributed by atoms with E-state index in [2.05, 4.69) is 26.0 Å². The zero-order chi connectivity index (χ0) is 36.5. The van der Waals surface area contributed by atoms with Gasteiger partial charge in [-0.3, -0.25) is 4.90 Å². The summed E-state index contributed by atoms with van der Waals surface area (Å²) in [5.74, 6) is -1.22. The fraction of sp³-hybridized carbons (Fsp3) is 0.343. The van der Waals surface area contributed by atoms with Gasteiger partial charge in [0.05, 0.1) is 17.1 Å². The zero-order valence-electron chi connectivity index (χ0n) is 27.5. The first-order valence-corrected chi connectivity index (χ1v) is 17.3. The smallest absolute Gasteiger partial charge is 0.319 e. The second kappa shape index (κ2) is 12.7. The van der Waals surface area contributed by atoms with Gasteiger partial charge >= 0.3 is 6.01 Å². The predicted octanol–water partition coefficient (Wildman–Crippen LogP) is 6.84. The van der Waals surface area contributed by atoms with Gasteiger partial charge in [0.1, 0.15) is 52.7 Å². The molecular formula is C35H30F5N9O2S. The van der Waals surface area contributed by atoms with Gasteiger partial charge in [-0.05, 0) is 44.9 Å². The first-order chi connectivity index (χ1) is 25.0. The molecule has 52 heavy (non-hydrogen) atoms. The highest BCUT2D eigenvalue weighted by atomic mass is 32.1. The molecule has 0 spiro atoms. The lowest BCUT2D eigenvalue weighted by Crippen LogP contribution is -2.46. The maximum Gasteiger partial charge on any atom is 0.319 e. The van der Waals surface area contributed by atoms with Crippen molar-refractivity contribution in [3.63, 3.8) is 0 Å². The third-order valence-electron chi connectivity index (χ3n) is 10.2. The number of hydrogen-bond acceptors (Lipinski definition) is 12. The van der Waals surface area contributed by atoms with Gasteiger partial charge in [0.15, 0.2) is 11.6 Å². The van der Waals surface area contributed by atoms with Crippen LogP contribution < -0.4 is 25.8 Å². The largest absolute Gasteiger partial charge is 0.475 e. The molecule has 0 bridgehead atoms. The van der Waals surface area contributed by atoms with Gasteiger partial charge in [0, 0.05) is 39.5 Å². The van der Waals surface area contributed by atoms with Crippen molar-refractivity contribution < 1.29 is 31.4 Å². The van der Waals surface area contributed by atoms with E-state index in [0.29, 0.717) is 28.6 Å². The molecule has 0 saturated carbocycles. The molecule has 4 aromatic heterocycles. The molecule has 2 saturated heterocycles. The average Bonchev–Trinajstić information content (AvgIpc) is 3.75. The van der Waals surface area contributed by atoms with Crippen molar-refractivity contribution in [1.29, 1.82) is 5.26 Å². The van der Waals surface area contributed by atoms with Gasteiger partial charge in [-0.15, -0.1) is 11.3 Å². The van der Waals surface area contributed by atoms with E-state index in [4.69, 9.17) is 20.9 Å². The van der Waals surface area contributed by atoms with E-state index in [-0.39, 0.29) is 81.4 Å². The Kier molecular flexibility index (Phi) is 8.26. The number of nitrogen functional groups attached to an aromatic ring is 2. The lowest BCUT2D eigenvalue weighted by Gasteiger charge is -2.36. The van der Waals surface area contributed by atoms with Gasteiger partial charge in [-0.2, -0.15) is 24.0 Å². The number of hydrogen-bond donors (Lipinski definition) is 2. The molecule has 268 valence electrons. The normalized spacial score (nSPS) is 20.6. The Morgan fingerprint density at radius 1 is 1.17 bits per heavy atom. The number of anilines is 3. The molecule has 1 aromatic carbocycles. The number of benzene rings is 1. The van der Waals surface area contributed by atoms with Crippen LogP contribution in [-0.4, -0.2) is 69.1 Å². The van der Waals surface area contributed by atoms with Crippen LogP contribution in [0.5, 0.6) is 11.9 Å². The number of rotatable bonds is 7. The van der Waals surface area contributed by atoms with E-state index >= 15 is 13.2 Å². The fourth-order valence-electron chi connectivity index (χ4n) is 7.78. The van der Waals surface area contributed by atoms with Gasteiger partial charge in [-0.25, -0.2) is 23.1 Å². The number of nitriles is 1. The minimum atomic E-state index is -2.99. The van der Waals surface area contributed by atoms with E-state index in [1.165, 1.54) is 11.1 Å². The van der Waals surface area contributed by atoms with Crippen molar-refractivity contribution in [3.8, 4) is 29.2 Å². The number of nitrogens with zero attached hydrogens (tertiary/aromatic N) is 7. The molecule has 8 rings (SSSR count). The zero-order valence-corrected chi connectivity index (χ0v) is 28.4. The van der Waals surface area contributed by atoms with Crippen LogP contribution in [0.4, 0.5) is 38.6 Å². The average molecular weight is 736 g/mol. The molecule has 7 heterocycles. The fourth-order valence-corrected chi connectivity index (χ4v) is 8.72. The molecule has 5 aromatic rings. The summed E-state index contributed by atoms with van der Waals surface area (Å²) in [5, 5.41) is 10.4. The second-order valence-corrected chi connectivity index (χ2v) is 14.2. The van der Waals surface area contributed by atoms with Crippen molar-refractivity contribution in [1.82, 2.24) is 24.8 Å². The molecule has 4 N–H and O–H groups in total. The van der Waals surface area contributed by atoms with Gasteiger partial charge in [0.2, 0.25) is 5.88 Å². The third kappa shape index (κ3) is 5.31. The molecule has 0 amide bonds. The number of fused-ring (bicyclic) bond motifs is 2. The van der Waals surface area contributed by atoms with E-state index in [1.807, 2.05) is 4.90 Å². The Hall–Kier alpha value is -5.34. The number of pyridine rings is 2. The highest BCUT2D eigenvalue weighted by Gasteiger charge is 2.48. The monoisotopic (exact) mass is 735 g/mol. The summed E-state index contributed by atoms with van der Waals surface area (Å²) in [5.41, 5.74) is 11.8. The van der Waals surface area contributed by atoms with Gasteiger partial charge in [0.25, 0.3) is 12.5 Å². The topological polar surface area (TPSA) is 152 Å². The number of nitrogens with two attached hydrogens (primary N) is 2. The van der Waals surface area contributed by atoms with Crippen molar-refractivity contribution in [2.45, 2.75) is 50.2 Å². The van der Waals surface area contributed by atoms with Crippen molar-refractivity contribution in [3.05, 3.63) is 65.1 Å². The van der Waals surface area contributed by atoms with Crippen LogP contribution in [-0.2, 0) is 0 Å². The van der Waals surface area contributed by atoms with E-state index in [1.54, 1.807) is 37.3 Å². The lowest BCUT2D eigenvalue weighted by molar-refractivity contribution is 0.0820. The Morgan fingerprint density at radius 2 is 2.00 bits per heavy atom. The molecule has 3 aliphatic rings. The van der Waals surface area contributed by atoms with E-state index in [9.17, 15) is 14.0 Å². The number of ether oxygens (including phenoxy) is 2. The highest BCUT2D eigenvalue weighted by molar-refractivity contribution is 7.23. The molecule has 2 fully saturated rings. The molecule has 11 nitrogen and oxygen atoms in total. The summed E-state index contributed by atoms with van der Waals surface area (Å²) in [6.45, 7) is 1.63. The highest BCUT2D eigenvalue weighted by Crippen LogP contribution is 2.47. The molecular weight excluding hydrogens is 706 g/mol. The minimum Gasteiger partial charge on any atom is -0.475 e. The van der Waals surface area contributed by atoms with Crippen LogP contribution in [0.1, 0.15) is 43.4 Å². The van der Waals surface area contributed by atoms with Gasteiger partial charge < -0.3 is 25.8 Å². The maximum absolute atomic E-state index is 17.2. The number of aromatic nitrogens is 4. The third-order valence-corrected chi connectivity index (χ3v) is 11.2. The molecule has 0 radical (unpaired) electrons. The van der Waals surface area contributed by atoms with Crippen LogP contribution in [0.2, 0.25) is 0 Å². The van der Waals surface area contributed by atoms with E-state index < -0.39 is 42.6 Å². The quantitative estimate of drug-likeness (QED) is 0.169. The van der Waals surface area contributed by atoms with Crippen LogP contribution >= 0.6 is 11.3 Å². The summed E-state index contributed by atoms with van der Waals surface area (Å²) in [4.78, 5) is 20.9. The standard InChI is InChI=1S/C35H30F5N9O2S/c1-16(18-6-3-9-44-30(18)42)49-21(29(39)40)14-50-33-24-27(25(36)26(45-33)19-5-2-7-22-23(19)20(12-41)31(43)52-22)46-34(47-32(24)49)51-15-35-8-4-10-48(35)13-17(11-35)28(37)38/h2-3,5-7,9,16,21,29H,4,8,10-11,13-15,43H2,1H3,(H2,42,44)/t16?,21?,35-/m0/s1. The Balaban J connectivity index is 1.35. The van der Waals surface area contributed by atoms with Gasteiger partial charge in [-0.1, -0.05) is 18.2 Å². The summed E-state index contributed by atoms with van der Waals surface area (Å²) >= 11 is 1.15. The predicted molar refractivity (Wildman–Crippen MR) is 185 cm³/mol. The number of alkyl halides is 2. The van der Waals surface area contributed by atoms with Crippen LogP contribution in [0.25, 0.3) is 32.2 Å². The molecule has 3 aliphatic heterocycles. The SMILES string of the molecule is CC(c1cccnc1N)N1c2nc(OC[C@@]34CCCN3CC(=C(F)F)C4)nc3c(F)c(-c4cccc5sc(N)c(C#N)c45)nc(c23)OCC1C(F)F. The van der Waals surface area contributed by atoms with Crippen molar-refractivity contribution >= 4 is 49.0 Å². The van der Waals surface area contributed by atoms with Crippen LogP contribution in [0.3, 0.4) is 0 Å². The summed E-state index contributed by atoms with van der Waals surface area (Å²) in [7, 11) is 0. The number of halogens is 5. The Morgan fingerprint density at radius 3 is 2.75 bits per heavy atom. The Labute approximate surface area is 297 Å². The Bertz CT molecular complexity index is 2330. The maximum atomic E-state index is 17.2. The molecule has 3 atom stereocenters. The second-order valence-electron chi connectivity index (χ2n) is 13.1. The van der Waals surface area contributed by atoms with Crippen LogP contribution in [0, 0.1) is 17.1 Å². The number of thiophene rings is 1. The first-order valence-electron chi connectivity index (χ1n) is 16.4.